The van der Waals surface area contributed by atoms with Crippen LogP contribution < -0.4 is 10.1 Å². The highest BCUT2D eigenvalue weighted by atomic mass is 16.5. The van der Waals surface area contributed by atoms with Crippen molar-refractivity contribution in [1.82, 2.24) is 14.8 Å². The minimum atomic E-state index is 0.268. The minimum absolute atomic E-state index is 0.268. The highest BCUT2D eigenvalue weighted by molar-refractivity contribution is 5.85. The number of nitriles is 1. The predicted molar refractivity (Wildman–Crippen MR) is 112 cm³/mol. The van der Waals surface area contributed by atoms with E-state index >= 15 is 0 Å². The summed E-state index contributed by atoms with van der Waals surface area (Å²) in [6.07, 6.45) is 9.31. The van der Waals surface area contributed by atoms with E-state index in [2.05, 4.69) is 27.2 Å². The van der Waals surface area contributed by atoms with Gasteiger partial charge in [-0.2, -0.15) is 10.4 Å². The van der Waals surface area contributed by atoms with Gasteiger partial charge in [0.1, 0.15) is 23.2 Å². The monoisotopic (exact) mass is 391 g/mol. The van der Waals surface area contributed by atoms with Gasteiger partial charge in [-0.1, -0.05) is 25.3 Å². The van der Waals surface area contributed by atoms with Crippen LogP contribution in [-0.2, 0) is 0 Å². The van der Waals surface area contributed by atoms with Gasteiger partial charge in [0.25, 0.3) is 0 Å². The van der Waals surface area contributed by atoms with E-state index in [1.165, 1.54) is 37.5 Å². The molecular weight excluding hydrogens is 366 g/mol. The second kappa shape index (κ2) is 9.69. The number of anilines is 1. The van der Waals surface area contributed by atoms with Crippen molar-refractivity contribution in [2.75, 3.05) is 19.5 Å². The molecule has 3 aromatic rings. The molecule has 29 heavy (non-hydrogen) atoms. The summed E-state index contributed by atoms with van der Waals surface area (Å²) < 4.78 is 7.54. The Morgan fingerprint density at radius 1 is 1.28 bits per heavy atom. The summed E-state index contributed by atoms with van der Waals surface area (Å²) in [6.45, 7) is 0. The van der Waals surface area contributed by atoms with Gasteiger partial charge in [-0.05, 0) is 31.0 Å². The third-order valence-electron chi connectivity index (χ3n) is 5.07. The number of methoxy groups -OCH3 is 1. The number of hydrogen-bond acceptors (Lipinski definition) is 6. The van der Waals surface area contributed by atoms with Gasteiger partial charge in [-0.3, -0.25) is 9.48 Å². The SMILES string of the molecule is CNc1cc2cn(C3CCCCC3)nc2cc1OC.N#Cc1cccc(C=O)n1. The Hall–Kier alpha value is -3.40. The molecule has 1 fully saturated rings. The number of fused-ring (bicyclic) bond motifs is 1. The predicted octanol–water partition coefficient (Wildman–Crippen LogP) is 4.36. The molecule has 1 N–H and O–H groups in total. The summed E-state index contributed by atoms with van der Waals surface area (Å²) in [4.78, 5) is 13.8. The van der Waals surface area contributed by atoms with Crippen molar-refractivity contribution in [1.29, 1.82) is 5.26 Å². The van der Waals surface area contributed by atoms with E-state index in [1.54, 1.807) is 25.3 Å². The van der Waals surface area contributed by atoms with Crippen LogP contribution in [0.15, 0.2) is 36.5 Å². The third-order valence-corrected chi connectivity index (χ3v) is 5.07. The molecule has 0 aliphatic heterocycles. The summed E-state index contributed by atoms with van der Waals surface area (Å²) >= 11 is 0. The highest BCUT2D eigenvalue weighted by Gasteiger charge is 2.17. The normalized spacial score (nSPS) is 13.8. The molecule has 7 heteroatoms. The summed E-state index contributed by atoms with van der Waals surface area (Å²) in [7, 11) is 3.61. The molecule has 0 radical (unpaired) electrons. The molecule has 0 atom stereocenters. The van der Waals surface area contributed by atoms with E-state index in [0.29, 0.717) is 18.0 Å². The molecule has 0 amide bonds. The zero-order chi connectivity index (χ0) is 20.6. The van der Waals surface area contributed by atoms with Gasteiger partial charge in [0.05, 0.1) is 24.4 Å². The molecule has 7 nitrogen and oxygen atoms in total. The van der Waals surface area contributed by atoms with Gasteiger partial charge in [0.2, 0.25) is 0 Å². The molecule has 0 saturated heterocycles. The lowest BCUT2D eigenvalue weighted by Gasteiger charge is -2.21. The average molecular weight is 391 g/mol. The Morgan fingerprint density at radius 2 is 2.07 bits per heavy atom. The minimum Gasteiger partial charge on any atom is -0.495 e. The largest absolute Gasteiger partial charge is 0.495 e. The lowest BCUT2D eigenvalue weighted by molar-refractivity contribution is 0.111. The van der Waals surface area contributed by atoms with Crippen LogP contribution in [0.2, 0.25) is 0 Å². The smallest absolute Gasteiger partial charge is 0.168 e. The fourth-order valence-electron chi connectivity index (χ4n) is 3.55. The number of aldehydes is 1. The molecule has 1 aromatic carbocycles. The summed E-state index contributed by atoms with van der Waals surface area (Å²) in [5.41, 5.74) is 2.59. The topological polar surface area (TPSA) is 92.8 Å². The number of nitrogens with one attached hydrogen (secondary N) is 1. The first-order valence-electron chi connectivity index (χ1n) is 9.75. The van der Waals surface area contributed by atoms with Crippen molar-refractivity contribution in [3.05, 3.63) is 47.9 Å². The summed E-state index contributed by atoms with van der Waals surface area (Å²) in [6, 6.07) is 11.3. The molecule has 4 rings (SSSR count). The van der Waals surface area contributed by atoms with Gasteiger partial charge >= 0.3 is 0 Å². The zero-order valence-corrected chi connectivity index (χ0v) is 16.8. The van der Waals surface area contributed by atoms with Crippen LogP contribution >= 0.6 is 0 Å². The first kappa shape index (κ1) is 20.3. The Kier molecular flexibility index (Phi) is 6.80. The number of carbonyl (C=O) groups excluding carboxylic acids is 1. The molecular formula is C22H25N5O2. The van der Waals surface area contributed by atoms with Gasteiger partial charge in [-0.15, -0.1) is 0 Å². The zero-order valence-electron chi connectivity index (χ0n) is 16.8. The van der Waals surface area contributed by atoms with Crippen molar-refractivity contribution >= 4 is 22.9 Å². The van der Waals surface area contributed by atoms with Crippen molar-refractivity contribution in [3.63, 3.8) is 0 Å². The fourth-order valence-corrected chi connectivity index (χ4v) is 3.55. The maximum absolute atomic E-state index is 10.1. The molecule has 2 aromatic heterocycles. The second-order valence-corrected chi connectivity index (χ2v) is 6.94. The van der Waals surface area contributed by atoms with Gasteiger partial charge < -0.3 is 10.1 Å². The number of ether oxygens (including phenoxy) is 1. The lowest BCUT2D eigenvalue weighted by Crippen LogP contribution is -2.12. The number of nitrogens with zero attached hydrogens (tertiary/aromatic N) is 4. The molecule has 0 bridgehead atoms. The molecule has 0 spiro atoms. The van der Waals surface area contributed by atoms with E-state index in [-0.39, 0.29) is 5.69 Å². The van der Waals surface area contributed by atoms with E-state index in [4.69, 9.17) is 15.1 Å². The number of pyridine rings is 1. The second-order valence-electron chi connectivity index (χ2n) is 6.94. The standard InChI is InChI=1S/C15H21N3O.C7H4N2O/c1-16-14-8-11-10-18(12-6-4-3-5-7-12)17-13(11)9-15(14)19-2;8-4-6-2-1-3-7(5-10)9-6/h8-10,12,16H,3-7H2,1-2H3;1-3,5H. The van der Waals surface area contributed by atoms with Crippen LogP contribution in [0, 0.1) is 11.3 Å². The van der Waals surface area contributed by atoms with Crippen LogP contribution in [-0.4, -0.2) is 35.2 Å². The summed E-state index contributed by atoms with van der Waals surface area (Å²) in [5.74, 6) is 0.851. The number of hydrogen-bond donors (Lipinski definition) is 1. The van der Waals surface area contributed by atoms with E-state index in [0.717, 1.165) is 17.0 Å². The first-order chi connectivity index (χ1) is 14.2. The quantitative estimate of drug-likeness (QED) is 0.664. The molecule has 150 valence electrons. The Balaban J connectivity index is 0.000000204. The number of rotatable bonds is 4. The van der Waals surface area contributed by atoms with Gasteiger partial charge in [0.15, 0.2) is 6.29 Å². The Morgan fingerprint density at radius 3 is 2.72 bits per heavy atom. The number of aromatic nitrogens is 3. The van der Waals surface area contributed by atoms with E-state index in [1.807, 2.05) is 19.2 Å². The number of benzene rings is 1. The Labute approximate surface area is 170 Å². The molecule has 1 aliphatic carbocycles. The van der Waals surface area contributed by atoms with Crippen molar-refractivity contribution in [2.45, 2.75) is 38.1 Å². The van der Waals surface area contributed by atoms with E-state index < -0.39 is 0 Å². The van der Waals surface area contributed by atoms with Gasteiger partial charge in [0, 0.05) is 24.7 Å². The van der Waals surface area contributed by atoms with Crippen LogP contribution in [0.4, 0.5) is 5.69 Å². The molecule has 1 aliphatic rings. The van der Waals surface area contributed by atoms with Crippen LogP contribution in [0.5, 0.6) is 5.75 Å². The van der Waals surface area contributed by atoms with Crippen molar-refractivity contribution in [3.8, 4) is 11.8 Å². The van der Waals surface area contributed by atoms with E-state index in [9.17, 15) is 4.79 Å². The highest BCUT2D eigenvalue weighted by Crippen LogP contribution is 2.32. The van der Waals surface area contributed by atoms with Crippen LogP contribution in [0.1, 0.15) is 54.3 Å². The van der Waals surface area contributed by atoms with Crippen LogP contribution in [0.25, 0.3) is 10.9 Å². The first-order valence-corrected chi connectivity index (χ1v) is 9.75. The van der Waals surface area contributed by atoms with Crippen molar-refractivity contribution in [2.24, 2.45) is 0 Å². The summed E-state index contributed by atoms with van der Waals surface area (Å²) in [5, 5.41) is 17.4. The van der Waals surface area contributed by atoms with Gasteiger partial charge in [-0.25, -0.2) is 4.98 Å². The maximum atomic E-state index is 10.1. The van der Waals surface area contributed by atoms with Crippen LogP contribution in [0.3, 0.4) is 0 Å². The molecule has 1 saturated carbocycles. The average Bonchev–Trinajstić information content (AvgIpc) is 3.22. The third kappa shape index (κ3) is 4.91. The Bertz CT molecular complexity index is 975. The fraction of sp³-hybridized carbons (Fsp3) is 0.364. The maximum Gasteiger partial charge on any atom is 0.168 e. The molecule has 2 heterocycles. The molecule has 0 unspecified atom stereocenters. The van der Waals surface area contributed by atoms with Crippen molar-refractivity contribution < 1.29 is 9.53 Å². The lowest BCUT2D eigenvalue weighted by atomic mass is 9.96. The number of carbonyl (C=O) groups is 1.